The number of benzene rings is 1. The molecule has 0 aliphatic carbocycles. The van der Waals surface area contributed by atoms with E-state index in [2.05, 4.69) is 24.1 Å². The van der Waals surface area contributed by atoms with Gasteiger partial charge in [-0.1, -0.05) is 17.7 Å². The number of hydrogen-bond acceptors (Lipinski definition) is 2. The fourth-order valence-corrected chi connectivity index (χ4v) is 2.75. The Morgan fingerprint density at radius 3 is 2.84 bits per heavy atom. The van der Waals surface area contributed by atoms with Gasteiger partial charge in [0.25, 0.3) is 0 Å². The molecule has 0 aromatic heterocycles. The topological polar surface area (TPSA) is 15.3 Å². The van der Waals surface area contributed by atoms with Crippen LogP contribution in [0.2, 0.25) is 5.02 Å². The van der Waals surface area contributed by atoms with E-state index in [1.807, 2.05) is 0 Å². The van der Waals surface area contributed by atoms with E-state index in [9.17, 15) is 4.39 Å². The number of nitrogens with zero attached hydrogens (tertiary/aromatic N) is 1. The number of halogens is 2. The number of rotatable bonds is 5. The summed E-state index contributed by atoms with van der Waals surface area (Å²) in [5.74, 6) is -0.276. The molecule has 106 valence electrons. The first-order valence-corrected chi connectivity index (χ1v) is 7.35. The second kappa shape index (κ2) is 6.69. The molecule has 1 N–H and O–H groups in total. The summed E-state index contributed by atoms with van der Waals surface area (Å²) >= 11 is 6.11. The van der Waals surface area contributed by atoms with E-state index in [1.54, 1.807) is 6.07 Å². The van der Waals surface area contributed by atoms with Crippen molar-refractivity contribution in [2.24, 2.45) is 0 Å². The lowest BCUT2D eigenvalue weighted by atomic mass is 10.1. The monoisotopic (exact) mass is 284 g/mol. The molecule has 1 heterocycles. The Hall–Kier alpha value is -0.640. The van der Waals surface area contributed by atoms with E-state index in [1.165, 1.54) is 25.0 Å². The minimum atomic E-state index is -0.276. The fourth-order valence-electron chi connectivity index (χ4n) is 2.52. The second-order valence-electron chi connectivity index (χ2n) is 5.55. The lowest BCUT2D eigenvalue weighted by Crippen LogP contribution is -2.40. The van der Waals surface area contributed by atoms with Crippen molar-refractivity contribution in [2.45, 2.75) is 45.3 Å². The third-order valence-corrected chi connectivity index (χ3v) is 4.09. The first-order chi connectivity index (χ1) is 9.06. The van der Waals surface area contributed by atoms with Crippen molar-refractivity contribution in [1.82, 2.24) is 10.2 Å². The van der Waals surface area contributed by atoms with Gasteiger partial charge in [0.15, 0.2) is 0 Å². The van der Waals surface area contributed by atoms with Crippen molar-refractivity contribution in [3.8, 4) is 0 Å². The maximum Gasteiger partial charge on any atom is 0.124 e. The summed E-state index contributed by atoms with van der Waals surface area (Å²) in [4.78, 5) is 2.39. The molecule has 1 aromatic rings. The molecule has 19 heavy (non-hydrogen) atoms. The van der Waals surface area contributed by atoms with E-state index in [0.29, 0.717) is 17.1 Å². The van der Waals surface area contributed by atoms with Crippen LogP contribution in [0.5, 0.6) is 0 Å². The summed E-state index contributed by atoms with van der Waals surface area (Å²) < 4.78 is 13.1. The minimum absolute atomic E-state index is 0.276. The van der Waals surface area contributed by atoms with Crippen molar-refractivity contribution in [1.29, 1.82) is 0 Å². The summed E-state index contributed by atoms with van der Waals surface area (Å²) in [6.07, 6.45) is 2.49. The van der Waals surface area contributed by atoms with Crippen LogP contribution in [0.15, 0.2) is 18.2 Å². The van der Waals surface area contributed by atoms with E-state index in [4.69, 9.17) is 11.6 Å². The molecule has 1 saturated heterocycles. The molecule has 2 rings (SSSR count). The maximum atomic E-state index is 13.1. The van der Waals surface area contributed by atoms with Crippen molar-refractivity contribution in [3.05, 3.63) is 34.6 Å². The van der Waals surface area contributed by atoms with Crippen LogP contribution < -0.4 is 5.32 Å². The van der Waals surface area contributed by atoms with Gasteiger partial charge in [0.1, 0.15) is 5.82 Å². The Morgan fingerprint density at radius 1 is 1.47 bits per heavy atom. The minimum Gasteiger partial charge on any atom is -0.313 e. The highest BCUT2D eigenvalue weighted by molar-refractivity contribution is 6.31. The smallest absolute Gasteiger partial charge is 0.124 e. The quantitative estimate of drug-likeness (QED) is 0.891. The Morgan fingerprint density at radius 2 is 2.26 bits per heavy atom. The molecule has 0 radical (unpaired) electrons. The average Bonchev–Trinajstić information content (AvgIpc) is 2.84. The highest BCUT2D eigenvalue weighted by Crippen LogP contribution is 2.21. The summed E-state index contributed by atoms with van der Waals surface area (Å²) in [7, 11) is 0. The van der Waals surface area contributed by atoms with Crippen LogP contribution in [0.3, 0.4) is 0 Å². The Labute approximate surface area is 119 Å². The Kier molecular flexibility index (Phi) is 5.20. The molecule has 0 saturated carbocycles. The Bertz CT molecular complexity index is 417. The molecule has 1 aliphatic heterocycles. The largest absolute Gasteiger partial charge is 0.313 e. The number of nitrogens with one attached hydrogen (secondary N) is 1. The lowest BCUT2D eigenvalue weighted by molar-refractivity contribution is 0.194. The Balaban J connectivity index is 2.02. The van der Waals surface area contributed by atoms with Gasteiger partial charge in [-0.2, -0.15) is 0 Å². The highest BCUT2D eigenvalue weighted by Gasteiger charge is 2.20. The van der Waals surface area contributed by atoms with Crippen molar-refractivity contribution in [3.63, 3.8) is 0 Å². The van der Waals surface area contributed by atoms with Gasteiger partial charge in [-0.05, 0) is 50.9 Å². The lowest BCUT2D eigenvalue weighted by Gasteiger charge is -2.29. The third kappa shape index (κ3) is 4.16. The summed E-state index contributed by atoms with van der Waals surface area (Å²) in [6, 6.07) is 5.68. The zero-order valence-corrected chi connectivity index (χ0v) is 12.4. The van der Waals surface area contributed by atoms with Crippen LogP contribution in [0.1, 0.15) is 32.3 Å². The van der Waals surface area contributed by atoms with Gasteiger partial charge in [0.2, 0.25) is 0 Å². The predicted molar refractivity (Wildman–Crippen MR) is 78.0 cm³/mol. The maximum absolute atomic E-state index is 13.1. The van der Waals surface area contributed by atoms with Crippen LogP contribution in [0.25, 0.3) is 0 Å². The van der Waals surface area contributed by atoms with Crippen molar-refractivity contribution < 1.29 is 4.39 Å². The zero-order chi connectivity index (χ0) is 13.8. The zero-order valence-electron chi connectivity index (χ0n) is 11.6. The second-order valence-corrected chi connectivity index (χ2v) is 5.96. The normalized spacial score (nSPS) is 19.6. The van der Waals surface area contributed by atoms with E-state index >= 15 is 0 Å². The van der Waals surface area contributed by atoms with E-state index in [0.717, 1.165) is 25.2 Å². The summed E-state index contributed by atoms with van der Waals surface area (Å²) in [5.41, 5.74) is 0.995. The van der Waals surface area contributed by atoms with E-state index < -0.39 is 0 Å². The van der Waals surface area contributed by atoms with Crippen molar-refractivity contribution in [2.75, 3.05) is 13.1 Å². The third-order valence-electron chi connectivity index (χ3n) is 3.74. The van der Waals surface area contributed by atoms with Gasteiger partial charge < -0.3 is 5.32 Å². The van der Waals surface area contributed by atoms with Crippen LogP contribution in [0.4, 0.5) is 4.39 Å². The van der Waals surface area contributed by atoms with Gasteiger partial charge >= 0.3 is 0 Å². The molecule has 4 heteroatoms. The SMILES string of the molecule is CC(C)N(Cc1ccc(F)cc1Cl)CC1CCCN1. The van der Waals surface area contributed by atoms with Gasteiger partial charge in [-0.3, -0.25) is 4.90 Å². The molecule has 0 bridgehead atoms. The van der Waals surface area contributed by atoms with Gasteiger partial charge in [-0.15, -0.1) is 0 Å². The molecule has 1 atom stereocenters. The highest BCUT2D eigenvalue weighted by atomic mass is 35.5. The average molecular weight is 285 g/mol. The van der Waals surface area contributed by atoms with Gasteiger partial charge in [0, 0.05) is 30.2 Å². The summed E-state index contributed by atoms with van der Waals surface area (Å²) in [5, 5.41) is 4.04. The van der Waals surface area contributed by atoms with Gasteiger partial charge in [-0.25, -0.2) is 4.39 Å². The fraction of sp³-hybridized carbons (Fsp3) is 0.600. The number of hydrogen-bond donors (Lipinski definition) is 1. The molecular formula is C15H22ClFN2. The molecule has 1 unspecified atom stereocenters. The van der Waals surface area contributed by atoms with E-state index in [-0.39, 0.29) is 5.82 Å². The standard InChI is InChI=1S/C15H22ClFN2/c1-11(2)19(10-14-4-3-7-18-14)9-12-5-6-13(17)8-15(12)16/h5-6,8,11,14,18H,3-4,7,9-10H2,1-2H3. The van der Waals surface area contributed by atoms with Crippen LogP contribution in [-0.4, -0.2) is 30.1 Å². The predicted octanol–water partition coefficient (Wildman–Crippen LogP) is 3.44. The first kappa shape index (κ1) is 14.8. The van der Waals surface area contributed by atoms with Crippen molar-refractivity contribution >= 4 is 11.6 Å². The molecule has 2 nitrogen and oxygen atoms in total. The molecule has 1 fully saturated rings. The molecular weight excluding hydrogens is 263 g/mol. The molecule has 0 amide bonds. The summed E-state index contributed by atoms with van der Waals surface area (Å²) in [6.45, 7) is 7.28. The molecule has 1 aliphatic rings. The first-order valence-electron chi connectivity index (χ1n) is 6.97. The van der Waals surface area contributed by atoms with Crippen LogP contribution in [-0.2, 0) is 6.54 Å². The molecule has 1 aromatic carbocycles. The van der Waals surface area contributed by atoms with Crippen LogP contribution >= 0.6 is 11.6 Å². The van der Waals surface area contributed by atoms with Gasteiger partial charge in [0.05, 0.1) is 0 Å². The van der Waals surface area contributed by atoms with Crippen LogP contribution in [0, 0.1) is 5.82 Å². The molecule has 0 spiro atoms.